The van der Waals surface area contributed by atoms with E-state index >= 15 is 0 Å². The predicted octanol–water partition coefficient (Wildman–Crippen LogP) is 3.14. The van der Waals surface area contributed by atoms with E-state index in [0.717, 1.165) is 10.8 Å². The van der Waals surface area contributed by atoms with Crippen molar-refractivity contribution in [2.75, 3.05) is 13.2 Å². The second-order valence-corrected chi connectivity index (χ2v) is 3.66. The third-order valence-electron chi connectivity index (χ3n) is 1.62. The van der Waals surface area contributed by atoms with E-state index in [4.69, 9.17) is 21.1 Å². The first kappa shape index (κ1) is 11.3. The molecule has 1 aromatic carbocycles. The van der Waals surface area contributed by atoms with Crippen LogP contribution in [0.3, 0.4) is 0 Å². The van der Waals surface area contributed by atoms with Crippen molar-refractivity contribution in [3.63, 3.8) is 0 Å². The molecule has 0 aliphatic carbocycles. The van der Waals surface area contributed by atoms with E-state index in [0.29, 0.717) is 13.2 Å². The summed E-state index contributed by atoms with van der Waals surface area (Å²) >= 11 is 5.73. The van der Waals surface area contributed by atoms with E-state index in [9.17, 15) is 0 Å². The lowest BCUT2D eigenvalue weighted by atomic mass is 10.3. The Morgan fingerprint density at radius 1 is 1.14 bits per heavy atom. The largest absolute Gasteiger partial charge is 0.491 e. The fourth-order valence-electron chi connectivity index (χ4n) is 0.974. The molecular weight excluding hydrogens is 200 g/mol. The first-order valence-corrected chi connectivity index (χ1v) is 5.06. The number of halogens is 1. The molecule has 78 valence electrons. The molecule has 0 saturated carbocycles. The zero-order valence-corrected chi connectivity index (χ0v) is 9.25. The highest BCUT2D eigenvalue weighted by Gasteiger charge is 1.95. The van der Waals surface area contributed by atoms with E-state index in [1.165, 1.54) is 0 Å². The molecule has 0 N–H and O–H groups in total. The lowest BCUT2D eigenvalue weighted by molar-refractivity contribution is 0.0553. The van der Waals surface area contributed by atoms with Crippen LogP contribution in [0.5, 0.6) is 5.75 Å². The molecule has 14 heavy (non-hydrogen) atoms. The summed E-state index contributed by atoms with van der Waals surface area (Å²) < 4.78 is 10.8. The number of ether oxygens (including phenoxy) is 2. The number of rotatable bonds is 5. The lowest BCUT2D eigenvalue weighted by Crippen LogP contribution is -2.11. The van der Waals surface area contributed by atoms with Gasteiger partial charge in [0.25, 0.3) is 0 Å². The fraction of sp³-hybridized carbons (Fsp3) is 0.455. The van der Waals surface area contributed by atoms with Crippen LogP contribution in [-0.2, 0) is 4.74 Å². The minimum atomic E-state index is 0.254. The van der Waals surface area contributed by atoms with Gasteiger partial charge in [0.1, 0.15) is 12.4 Å². The van der Waals surface area contributed by atoms with Crippen molar-refractivity contribution in [1.29, 1.82) is 0 Å². The molecule has 0 amide bonds. The summed E-state index contributed by atoms with van der Waals surface area (Å²) in [6.45, 7) is 5.19. The molecule has 0 atom stereocenters. The Hall–Kier alpha value is -0.730. The normalized spacial score (nSPS) is 10.6. The van der Waals surface area contributed by atoms with Gasteiger partial charge in [-0.1, -0.05) is 11.6 Å². The van der Waals surface area contributed by atoms with Gasteiger partial charge in [0.15, 0.2) is 0 Å². The smallest absolute Gasteiger partial charge is 0.119 e. The highest BCUT2D eigenvalue weighted by Crippen LogP contribution is 2.15. The van der Waals surface area contributed by atoms with Crippen LogP contribution < -0.4 is 4.74 Å². The summed E-state index contributed by atoms with van der Waals surface area (Å²) in [5.74, 6) is 0.821. The van der Waals surface area contributed by atoms with Gasteiger partial charge in [-0.2, -0.15) is 0 Å². The summed E-state index contributed by atoms with van der Waals surface area (Å²) in [7, 11) is 0. The van der Waals surface area contributed by atoms with Gasteiger partial charge in [-0.15, -0.1) is 0 Å². The zero-order valence-electron chi connectivity index (χ0n) is 8.50. The number of benzene rings is 1. The van der Waals surface area contributed by atoms with Crippen molar-refractivity contribution in [2.45, 2.75) is 20.0 Å². The quantitative estimate of drug-likeness (QED) is 0.702. The maximum atomic E-state index is 5.73. The van der Waals surface area contributed by atoms with E-state index in [2.05, 4.69) is 0 Å². The summed E-state index contributed by atoms with van der Waals surface area (Å²) in [6, 6.07) is 7.30. The molecule has 0 saturated heterocycles. The molecule has 1 aromatic rings. The predicted molar refractivity (Wildman–Crippen MR) is 58.0 cm³/mol. The molecule has 0 aromatic heterocycles. The molecular formula is C11H15ClO2. The monoisotopic (exact) mass is 214 g/mol. The number of hydrogen-bond donors (Lipinski definition) is 0. The molecule has 0 spiro atoms. The third kappa shape index (κ3) is 4.49. The molecule has 0 radical (unpaired) electrons. The molecule has 2 nitrogen and oxygen atoms in total. The SMILES string of the molecule is CC(C)OCCOc1ccc(Cl)cc1. The summed E-state index contributed by atoms with van der Waals surface area (Å²) in [5, 5.41) is 0.718. The van der Waals surface area contributed by atoms with E-state index in [1.807, 2.05) is 26.0 Å². The minimum Gasteiger partial charge on any atom is -0.491 e. The second kappa shape index (κ2) is 5.89. The Kier molecular flexibility index (Phi) is 4.77. The fourth-order valence-corrected chi connectivity index (χ4v) is 1.10. The second-order valence-electron chi connectivity index (χ2n) is 3.22. The van der Waals surface area contributed by atoms with Crippen molar-refractivity contribution in [3.05, 3.63) is 29.3 Å². The molecule has 1 rings (SSSR count). The highest BCUT2D eigenvalue weighted by molar-refractivity contribution is 6.30. The maximum absolute atomic E-state index is 5.73. The van der Waals surface area contributed by atoms with Crippen LogP contribution >= 0.6 is 11.6 Å². The van der Waals surface area contributed by atoms with Gasteiger partial charge in [0, 0.05) is 5.02 Å². The van der Waals surface area contributed by atoms with Crippen molar-refractivity contribution in [3.8, 4) is 5.75 Å². The first-order chi connectivity index (χ1) is 6.68. The minimum absolute atomic E-state index is 0.254. The summed E-state index contributed by atoms with van der Waals surface area (Å²) in [5.41, 5.74) is 0. The van der Waals surface area contributed by atoms with Crippen molar-refractivity contribution < 1.29 is 9.47 Å². The molecule has 0 aliphatic rings. The standard InChI is InChI=1S/C11H15ClO2/c1-9(2)13-7-8-14-11-5-3-10(12)4-6-11/h3-6,9H,7-8H2,1-2H3. The Labute approximate surface area is 89.8 Å². The summed E-state index contributed by atoms with van der Waals surface area (Å²) in [4.78, 5) is 0. The van der Waals surface area contributed by atoms with Crippen LogP contribution in [0.15, 0.2) is 24.3 Å². The average molecular weight is 215 g/mol. The maximum Gasteiger partial charge on any atom is 0.119 e. The van der Waals surface area contributed by atoms with E-state index < -0.39 is 0 Å². The van der Waals surface area contributed by atoms with Crippen molar-refractivity contribution in [2.24, 2.45) is 0 Å². The first-order valence-electron chi connectivity index (χ1n) is 4.68. The molecule has 3 heteroatoms. The highest BCUT2D eigenvalue weighted by atomic mass is 35.5. The van der Waals surface area contributed by atoms with Crippen molar-refractivity contribution in [1.82, 2.24) is 0 Å². The van der Waals surface area contributed by atoms with Gasteiger partial charge in [-0.25, -0.2) is 0 Å². The van der Waals surface area contributed by atoms with E-state index in [1.54, 1.807) is 12.1 Å². The molecule has 0 bridgehead atoms. The topological polar surface area (TPSA) is 18.5 Å². The Morgan fingerprint density at radius 2 is 1.79 bits per heavy atom. The van der Waals surface area contributed by atoms with Crippen LogP contribution in [0.4, 0.5) is 0 Å². The van der Waals surface area contributed by atoms with Crippen molar-refractivity contribution >= 4 is 11.6 Å². The van der Waals surface area contributed by atoms with Crippen LogP contribution in [0.25, 0.3) is 0 Å². The van der Waals surface area contributed by atoms with Crippen LogP contribution in [-0.4, -0.2) is 19.3 Å². The Balaban J connectivity index is 2.21. The average Bonchev–Trinajstić information content (AvgIpc) is 2.15. The number of hydrogen-bond acceptors (Lipinski definition) is 2. The van der Waals surface area contributed by atoms with Gasteiger partial charge >= 0.3 is 0 Å². The molecule has 0 fully saturated rings. The van der Waals surface area contributed by atoms with Crippen LogP contribution in [0.1, 0.15) is 13.8 Å². The lowest BCUT2D eigenvalue weighted by Gasteiger charge is -2.08. The molecule has 0 aliphatic heterocycles. The summed E-state index contributed by atoms with van der Waals surface area (Å²) in [6.07, 6.45) is 0.254. The van der Waals surface area contributed by atoms with Gasteiger partial charge in [-0.05, 0) is 38.1 Å². The molecule has 0 heterocycles. The van der Waals surface area contributed by atoms with Gasteiger partial charge < -0.3 is 9.47 Å². The Bertz CT molecular complexity index is 256. The van der Waals surface area contributed by atoms with Gasteiger partial charge in [0.2, 0.25) is 0 Å². The third-order valence-corrected chi connectivity index (χ3v) is 1.87. The zero-order chi connectivity index (χ0) is 10.4. The van der Waals surface area contributed by atoms with Crippen LogP contribution in [0, 0.1) is 0 Å². The molecule has 0 unspecified atom stereocenters. The van der Waals surface area contributed by atoms with Gasteiger partial charge in [-0.3, -0.25) is 0 Å². The Morgan fingerprint density at radius 3 is 2.36 bits per heavy atom. The van der Waals surface area contributed by atoms with Crippen LogP contribution in [0.2, 0.25) is 5.02 Å². The van der Waals surface area contributed by atoms with Gasteiger partial charge in [0.05, 0.1) is 12.7 Å². The van der Waals surface area contributed by atoms with E-state index in [-0.39, 0.29) is 6.10 Å².